The van der Waals surface area contributed by atoms with Crippen LogP contribution in [0.2, 0.25) is 0 Å². The third kappa shape index (κ3) is 2.00. The van der Waals surface area contributed by atoms with Gasteiger partial charge in [0.05, 0.1) is 4.47 Å². The zero-order valence-corrected chi connectivity index (χ0v) is 9.02. The van der Waals surface area contributed by atoms with Crippen molar-refractivity contribution >= 4 is 15.9 Å². The minimum atomic E-state index is -0.400. The highest BCUT2D eigenvalue weighted by Crippen LogP contribution is 2.33. The quantitative estimate of drug-likeness (QED) is 0.843. The van der Waals surface area contributed by atoms with E-state index in [0.717, 1.165) is 0 Å². The lowest BCUT2D eigenvalue weighted by Gasteiger charge is -2.14. The zero-order valence-electron chi connectivity index (χ0n) is 7.44. The van der Waals surface area contributed by atoms with Gasteiger partial charge in [-0.2, -0.15) is 0 Å². The lowest BCUT2D eigenvalue weighted by molar-refractivity contribution is 0.441. The summed E-state index contributed by atoms with van der Waals surface area (Å²) in [5.41, 5.74) is 0.289. The van der Waals surface area contributed by atoms with Crippen molar-refractivity contribution in [2.24, 2.45) is 0 Å². The summed E-state index contributed by atoms with van der Waals surface area (Å²) in [6, 6.07) is 2.60. The van der Waals surface area contributed by atoms with Crippen LogP contribution in [-0.2, 0) is 0 Å². The Morgan fingerprint density at radius 1 is 1.54 bits per heavy atom. The second-order valence-electron chi connectivity index (χ2n) is 2.80. The standard InChI is InChI=1S/C9H11BrFNO/c1-5(12-2)8-7(11)4-3-6(10)9(8)13/h3-5,12-13H,1-2H3/t5-/m1/s1. The van der Waals surface area contributed by atoms with Crippen LogP contribution in [0.3, 0.4) is 0 Å². The lowest BCUT2D eigenvalue weighted by Crippen LogP contribution is -2.14. The fourth-order valence-electron chi connectivity index (χ4n) is 1.11. The second-order valence-corrected chi connectivity index (χ2v) is 3.66. The molecule has 0 heterocycles. The topological polar surface area (TPSA) is 32.3 Å². The highest BCUT2D eigenvalue weighted by atomic mass is 79.9. The number of aromatic hydroxyl groups is 1. The summed E-state index contributed by atoms with van der Waals surface area (Å²) < 4.78 is 13.8. The van der Waals surface area contributed by atoms with Crippen molar-refractivity contribution in [2.75, 3.05) is 7.05 Å². The van der Waals surface area contributed by atoms with Gasteiger partial charge in [-0.1, -0.05) is 0 Å². The molecule has 72 valence electrons. The van der Waals surface area contributed by atoms with Crippen molar-refractivity contribution < 1.29 is 9.50 Å². The molecule has 0 saturated heterocycles. The number of phenols is 1. The van der Waals surface area contributed by atoms with Crippen molar-refractivity contribution in [3.05, 3.63) is 28.0 Å². The van der Waals surface area contributed by atoms with E-state index in [2.05, 4.69) is 21.2 Å². The Morgan fingerprint density at radius 3 is 2.69 bits per heavy atom. The normalized spacial score (nSPS) is 12.9. The molecule has 0 aliphatic carbocycles. The summed E-state index contributed by atoms with van der Waals surface area (Å²) >= 11 is 3.13. The molecular weight excluding hydrogens is 237 g/mol. The van der Waals surface area contributed by atoms with Gasteiger partial charge in [-0.25, -0.2) is 4.39 Å². The van der Waals surface area contributed by atoms with Crippen molar-refractivity contribution in [1.29, 1.82) is 0 Å². The van der Waals surface area contributed by atoms with Crippen LogP contribution >= 0.6 is 15.9 Å². The molecule has 0 radical (unpaired) electrons. The van der Waals surface area contributed by atoms with Crippen molar-refractivity contribution in [1.82, 2.24) is 5.32 Å². The average Bonchev–Trinajstić information content (AvgIpc) is 2.12. The molecule has 0 aliphatic heterocycles. The number of halogens is 2. The van der Waals surface area contributed by atoms with E-state index in [9.17, 15) is 9.50 Å². The van der Waals surface area contributed by atoms with E-state index in [0.29, 0.717) is 4.47 Å². The van der Waals surface area contributed by atoms with E-state index in [-0.39, 0.29) is 17.4 Å². The molecule has 1 aromatic carbocycles. The van der Waals surface area contributed by atoms with E-state index >= 15 is 0 Å². The van der Waals surface area contributed by atoms with Crippen molar-refractivity contribution in [3.8, 4) is 5.75 Å². The Bertz CT molecular complexity index is 317. The van der Waals surface area contributed by atoms with Gasteiger partial charge >= 0.3 is 0 Å². The van der Waals surface area contributed by atoms with Gasteiger partial charge in [0.1, 0.15) is 11.6 Å². The molecule has 0 amide bonds. The van der Waals surface area contributed by atoms with Gasteiger partial charge in [-0.05, 0) is 42.0 Å². The van der Waals surface area contributed by atoms with E-state index in [1.165, 1.54) is 12.1 Å². The van der Waals surface area contributed by atoms with Crippen LogP contribution in [0, 0.1) is 5.82 Å². The molecule has 0 aromatic heterocycles. The number of benzene rings is 1. The van der Waals surface area contributed by atoms with Crippen LogP contribution in [0.15, 0.2) is 16.6 Å². The number of nitrogens with one attached hydrogen (secondary N) is 1. The Labute approximate surface area is 84.9 Å². The number of hydrogen-bond acceptors (Lipinski definition) is 2. The van der Waals surface area contributed by atoms with Gasteiger partial charge in [-0.3, -0.25) is 0 Å². The molecule has 0 saturated carbocycles. The number of hydrogen-bond donors (Lipinski definition) is 2. The number of rotatable bonds is 2. The fraction of sp³-hybridized carbons (Fsp3) is 0.333. The predicted molar refractivity (Wildman–Crippen MR) is 53.2 cm³/mol. The Kier molecular flexibility index (Phi) is 3.27. The third-order valence-corrected chi connectivity index (χ3v) is 2.62. The summed E-state index contributed by atoms with van der Waals surface area (Å²) in [5.74, 6) is -0.440. The highest BCUT2D eigenvalue weighted by molar-refractivity contribution is 9.10. The van der Waals surface area contributed by atoms with Crippen molar-refractivity contribution in [2.45, 2.75) is 13.0 Å². The molecule has 2 nitrogen and oxygen atoms in total. The molecule has 13 heavy (non-hydrogen) atoms. The Balaban J connectivity index is 3.25. The van der Waals surface area contributed by atoms with E-state index < -0.39 is 5.82 Å². The van der Waals surface area contributed by atoms with E-state index in [1.54, 1.807) is 14.0 Å². The minimum Gasteiger partial charge on any atom is -0.506 e. The molecule has 1 rings (SSSR count). The molecule has 1 aromatic rings. The molecule has 0 unspecified atom stereocenters. The predicted octanol–water partition coefficient (Wildman–Crippen LogP) is 2.57. The van der Waals surface area contributed by atoms with Crippen LogP contribution in [-0.4, -0.2) is 12.2 Å². The smallest absolute Gasteiger partial charge is 0.137 e. The first-order valence-electron chi connectivity index (χ1n) is 3.92. The Hall–Kier alpha value is -0.610. The summed E-state index contributed by atoms with van der Waals surface area (Å²) in [4.78, 5) is 0. The maximum Gasteiger partial charge on any atom is 0.137 e. The maximum atomic E-state index is 13.2. The summed E-state index contributed by atoms with van der Waals surface area (Å²) in [7, 11) is 1.71. The van der Waals surface area contributed by atoms with Gasteiger partial charge < -0.3 is 10.4 Å². The van der Waals surface area contributed by atoms with Gasteiger partial charge in [-0.15, -0.1) is 0 Å². The third-order valence-electron chi connectivity index (χ3n) is 1.98. The van der Waals surface area contributed by atoms with Crippen molar-refractivity contribution in [3.63, 3.8) is 0 Å². The minimum absolute atomic E-state index is 0.0400. The molecule has 1 atom stereocenters. The molecule has 0 fully saturated rings. The highest BCUT2D eigenvalue weighted by Gasteiger charge is 2.15. The van der Waals surface area contributed by atoms with Crippen LogP contribution in [0.4, 0.5) is 4.39 Å². The van der Waals surface area contributed by atoms with Crippen LogP contribution in [0.1, 0.15) is 18.5 Å². The molecule has 4 heteroatoms. The van der Waals surface area contributed by atoms with Crippen LogP contribution in [0.25, 0.3) is 0 Å². The summed E-state index contributed by atoms with van der Waals surface area (Å²) in [6.07, 6.45) is 0. The summed E-state index contributed by atoms with van der Waals surface area (Å²) in [5, 5.41) is 12.4. The molecule has 0 bridgehead atoms. The zero-order chi connectivity index (χ0) is 10.0. The van der Waals surface area contributed by atoms with Gasteiger partial charge in [0.25, 0.3) is 0 Å². The largest absolute Gasteiger partial charge is 0.506 e. The van der Waals surface area contributed by atoms with Crippen LogP contribution in [0.5, 0.6) is 5.75 Å². The van der Waals surface area contributed by atoms with Gasteiger partial charge in [0, 0.05) is 11.6 Å². The molecule has 2 N–H and O–H groups in total. The number of phenolic OH excluding ortho intramolecular Hbond substituents is 1. The van der Waals surface area contributed by atoms with E-state index in [4.69, 9.17) is 0 Å². The molecule has 0 aliphatic rings. The average molecular weight is 248 g/mol. The van der Waals surface area contributed by atoms with E-state index in [1.807, 2.05) is 0 Å². The van der Waals surface area contributed by atoms with Gasteiger partial charge in [0.2, 0.25) is 0 Å². The van der Waals surface area contributed by atoms with Crippen LogP contribution < -0.4 is 5.32 Å². The maximum absolute atomic E-state index is 13.2. The SMILES string of the molecule is CN[C@H](C)c1c(F)ccc(Br)c1O. The summed E-state index contributed by atoms with van der Waals surface area (Å²) in [6.45, 7) is 1.78. The van der Waals surface area contributed by atoms with Gasteiger partial charge in [0.15, 0.2) is 0 Å². The Morgan fingerprint density at radius 2 is 2.15 bits per heavy atom. The fourth-order valence-corrected chi connectivity index (χ4v) is 1.46. The first-order valence-corrected chi connectivity index (χ1v) is 4.71. The second kappa shape index (κ2) is 4.07. The first kappa shape index (κ1) is 10.5. The molecule has 0 spiro atoms. The molecular formula is C9H11BrFNO. The lowest BCUT2D eigenvalue weighted by atomic mass is 10.1. The monoisotopic (exact) mass is 247 g/mol. The first-order chi connectivity index (χ1) is 6.07.